The van der Waals surface area contributed by atoms with Crippen LogP contribution in [0.25, 0.3) is 0 Å². The van der Waals surface area contributed by atoms with Gasteiger partial charge in [0.2, 0.25) is 0 Å². The Morgan fingerprint density at radius 1 is 1.18 bits per heavy atom. The van der Waals surface area contributed by atoms with Crippen molar-refractivity contribution < 1.29 is 0 Å². The number of nitrogens with one attached hydrogen (secondary N) is 1. The maximum absolute atomic E-state index is 3.49. The van der Waals surface area contributed by atoms with Crippen molar-refractivity contribution in [2.24, 2.45) is 5.92 Å². The Kier molecular flexibility index (Phi) is 6.28. The zero-order valence-electron chi connectivity index (χ0n) is 11.8. The van der Waals surface area contributed by atoms with Crippen molar-refractivity contribution in [2.75, 3.05) is 13.1 Å². The number of rotatable bonds is 7. The number of aryl methyl sites for hydroxylation is 1. The molecule has 0 aliphatic heterocycles. The molecule has 17 heavy (non-hydrogen) atoms. The predicted octanol–water partition coefficient (Wildman–Crippen LogP) is 4.12. The van der Waals surface area contributed by atoms with Crippen LogP contribution >= 0.6 is 0 Å². The molecule has 0 aromatic heterocycles. The second-order valence-electron chi connectivity index (χ2n) is 5.39. The van der Waals surface area contributed by atoms with Crippen LogP contribution in [0.4, 0.5) is 0 Å². The monoisotopic (exact) mass is 233 g/mol. The van der Waals surface area contributed by atoms with Crippen molar-refractivity contribution >= 4 is 0 Å². The van der Waals surface area contributed by atoms with Crippen molar-refractivity contribution in [1.29, 1.82) is 0 Å². The summed E-state index contributed by atoms with van der Waals surface area (Å²) in [5.74, 6) is 1.46. The zero-order valence-corrected chi connectivity index (χ0v) is 11.8. The molecule has 0 heterocycles. The van der Waals surface area contributed by atoms with Crippen LogP contribution in [0.2, 0.25) is 0 Å². The molecule has 0 spiro atoms. The molecule has 0 aliphatic rings. The van der Waals surface area contributed by atoms with Crippen LogP contribution in [0.5, 0.6) is 0 Å². The zero-order chi connectivity index (χ0) is 12.7. The van der Waals surface area contributed by atoms with Gasteiger partial charge in [-0.15, -0.1) is 0 Å². The number of benzene rings is 1. The normalized spacial score (nSPS) is 13.0. The highest BCUT2D eigenvalue weighted by molar-refractivity contribution is 5.25. The average molecular weight is 233 g/mol. The second kappa shape index (κ2) is 7.50. The van der Waals surface area contributed by atoms with E-state index in [0.717, 1.165) is 19.0 Å². The van der Waals surface area contributed by atoms with Crippen molar-refractivity contribution in [3.05, 3.63) is 35.4 Å². The van der Waals surface area contributed by atoms with E-state index in [-0.39, 0.29) is 0 Å². The van der Waals surface area contributed by atoms with E-state index in [4.69, 9.17) is 0 Å². The van der Waals surface area contributed by atoms with Crippen LogP contribution in [0, 0.1) is 12.8 Å². The lowest BCUT2D eigenvalue weighted by Crippen LogP contribution is -2.21. The molecule has 1 heteroatoms. The summed E-state index contributed by atoms with van der Waals surface area (Å²) in [5, 5.41) is 3.49. The number of hydrogen-bond donors (Lipinski definition) is 1. The summed E-state index contributed by atoms with van der Waals surface area (Å²) < 4.78 is 0. The van der Waals surface area contributed by atoms with Gasteiger partial charge in [0, 0.05) is 6.54 Å². The predicted molar refractivity (Wildman–Crippen MR) is 76.5 cm³/mol. The van der Waals surface area contributed by atoms with E-state index >= 15 is 0 Å². The summed E-state index contributed by atoms with van der Waals surface area (Å²) >= 11 is 0. The highest BCUT2D eigenvalue weighted by Gasteiger charge is 2.11. The molecular weight excluding hydrogens is 206 g/mol. The Hall–Kier alpha value is -0.820. The molecule has 1 unspecified atom stereocenters. The van der Waals surface area contributed by atoms with Crippen LogP contribution in [-0.4, -0.2) is 13.1 Å². The number of hydrogen-bond acceptors (Lipinski definition) is 1. The van der Waals surface area contributed by atoms with Gasteiger partial charge >= 0.3 is 0 Å². The molecule has 0 amide bonds. The van der Waals surface area contributed by atoms with Crippen molar-refractivity contribution in [3.8, 4) is 0 Å². The molecule has 96 valence electrons. The molecule has 0 bridgehead atoms. The van der Waals surface area contributed by atoms with Gasteiger partial charge < -0.3 is 5.32 Å². The molecule has 1 rings (SSSR count). The van der Waals surface area contributed by atoms with Gasteiger partial charge in [-0.25, -0.2) is 0 Å². The van der Waals surface area contributed by atoms with Gasteiger partial charge in [0.25, 0.3) is 0 Å². The first-order chi connectivity index (χ1) is 8.13. The fourth-order valence-corrected chi connectivity index (χ4v) is 2.16. The van der Waals surface area contributed by atoms with Gasteiger partial charge in [0.15, 0.2) is 0 Å². The van der Waals surface area contributed by atoms with E-state index in [1.54, 1.807) is 0 Å². The summed E-state index contributed by atoms with van der Waals surface area (Å²) in [6, 6.07) is 8.97. The van der Waals surface area contributed by atoms with Crippen LogP contribution in [-0.2, 0) is 0 Å². The lowest BCUT2D eigenvalue weighted by molar-refractivity contribution is 0.480. The molecular formula is C16H27N. The summed E-state index contributed by atoms with van der Waals surface area (Å²) in [6.07, 6.45) is 2.60. The Morgan fingerprint density at radius 2 is 1.94 bits per heavy atom. The fraction of sp³-hybridized carbons (Fsp3) is 0.625. The third-order valence-corrected chi connectivity index (χ3v) is 3.25. The molecule has 1 atom stereocenters. The van der Waals surface area contributed by atoms with Gasteiger partial charge in [0.05, 0.1) is 0 Å². The summed E-state index contributed by atoms with van der Waals surface area (Å²) in [7, 11) is 0. The van der Waals surface area contributed by atoms with Crippen LogP contribution in [0.3, 0.4) is 0 Å². The SMILES string of the molecule is CCNCC(CCC(C)C)c1cccc(C)c1. The maximum atomic E-state index is 3.49. The van der Waals surface area contributed by atoms with E-state index in [1.165, 1.54) is 24.0 Å². The third-order valence-electron chi connectivity index (χ3n) is 3.25. The van der Waals surface area contributed by atoms with Crippen LogP contribution < -0.4 is 5.32 Å². The molecule has 0 saturated carbocycles. The third kappa shape index (κ3) is 5.36. The second-order valence-corrected chi connectivity index (χ2v) is 5.39. The standard InChI is InChI=1S/C16H27N/c1-5-17-12-16(10-9-13(2)3)15-8-6-7-14(4)11-15/h6-8,11,13,16-17H,5,9-10,12H2,1-4H3. The average Bonchev–Trinajstić information content (AvgIpc) is 2.29. The lowest BCUT2D eigenvalue weighted by atomic mass is 9.90. The minimum atomic E-state index is 0.664. The summed E-state index contributed by atoms with van der Waals surface area (Å²) in [4.78, 5) is 0. The minimum Gasteiger partial charge on any atom is -0.316 e. The van der Waals surface area contributed by atoms with Crippen molar-refractivity contribution in [1.82, 2.24) is 5.32 Å². The van der Waals surface area contributed by atoms with E-state index < -0.39 is 0 Å². The molecule has 1 N–H and O–H groups in total. The Balaban J connectivity index is 2.67. The van der Waals surface area contributed by atoms with Gasteiger partial charge in [0.1, 0.15) is 0 Å². The first kappa shape index (κ1) is 14.2. The van der Waals surface area contributed by atoms with Crippen molar-refractivity contribution in [2.45, 2.75) is 46.5 Å². The van der Waals surface area contributed by atoms with E-state index in [9.17, 15) is 0 Å². The number of likely N-dealkylation sites (N-methyl/N-ethyl adjacent to an activating group) is 1. The first-order valence-electron chi connectivity index (χ1n) is 6.90. The van der Waals surface area contributed by atoms with E-state index in [0.29, 0.717) is 5.92 Å². The molecule has 1 aromatic carbocycles. The molecule has 0 radical (unpaired) electrons. The van der Waals surface area contributed by atoms with Crippen molar-refractivity contribution in [3.63, 3.8) is 0 Å². The van der Waals surface area contributed by atoms with Gasteiger partial charge in [-0.3, -0.25) is 0 Å². The summed E-state index contributed by atoms with van der Waals surface area (Å²) in [5.41, 5.74) is 2.86. The summed E-state index contributed by atoms with van der Waals surface area (Å²) in [6.45, 7) is 11.1. The van der Waals surface area contributed by atoms with E-state index in [1.807, 2.05) is 0 Å². The molecule has 0 fully saturated rings. The Labute approximate surface area is 107 Å². The lowest BCUT2D eigenvalue weighted by Gasteiger charge is -2.19. The van der Waals surface area contributed by atoms with Crippen LogP contribution in [0.15, 0.2) is 24.3 Å². The highest BCUT2D eigenvalue weighted by atomic mass is 14.8. The van der Waals surface area contributed by atoms with Gasteiger partial charge in [-0.2, -0.15) is 0 Å². The Morgan fingerprint density at radius 3 is 2.53 bits per heavy atom. The molecule has 1 aromatic rings. The quantitative estimate of drug-likeness (QED) is 0.747. The topological polar surface area (TPSA) is 12.0 Å². The van der Waals surface area contributed by atoms with E-state index in [2.05, 4.69) is 57.3 Å². The fourth-order valence-electron chi connectivity index (χ4n) is 2.16. The molecule has 0 saturated heterocycles. The van der Waals surface area contributed by atoms with Gasteiger partial charge in [-0.05, 0) is 37.3 Å². The first-order valence-corrected chi connectivity index (χ1v) is 6.90. The largest absolute Gasteiger partial charge is 0.316 e. The molecule has 1 nitrogen and oxygen atoms in total. The highest BCUT2D eigenvalue weighted by Crippen LogP contribution is 2.23. The maximum Gasteiger partial charge on any atom is 0.00200 e. The Bertz CT molecular complexity index is 317. The smallest absolute Gasteiger partial charge is 0.00200 e. The minimum absolute atomic E-state index is 0.664. The van der Waals surface area contributed by atoms with Gasteiger partial charge in [-0.1, -0.05) is 57.0 Å². The molecule has 0 aliphatic carbocycles. The van der Waals surface area contributed by atoms with Crippen LogP contribution in [0.1, 0.15) is 50.7 Å².